The van der Waals surface area contributed by atoms with Gasteiger partial charge in [0.1, 0.15) is 5.15 Å². The minimum atomic E-state index is -3.93. The number of nitrogens with zero attached hydrogens (tertiary/aromatic N) is 3. The molecule has 3 aromatic rings. The van der Waals surface area contributed by atoms with Gasteiger partial charge in [-0.1, -0.05) is 40.9 Å². The van der Waals surface area contributed by atoms with Crippen molar-refractivity contribution >= 4 is 55.9 Å². The zero-order valence-electron chi connectivity index (χ0n) is 12.9. The second-order valence-electron chi connectivity index (χ2n) is 5.49. The third-order valence-electron chi connectivity index (χ3n) is 3.62. The first-order valence-corrected chi connectivity index (χ1v) is 9.43. The summed E-state index contributed by atoms with van der Waals surface area (Å²) in [7, 11) is -3.93. The highest BCUT2D eigenvalue weighted by Crippen LogP contribution is 2.34. The maximum absolute atomic E-state index is 13.2. The second-order valence-corrected chi connectivity index (χ2v) is 8.34. The number of hydrogen-bond donors (Lipinski definition) is 0. The van der Waals surface area contributed by atoms with Crippen LogP contribution in [0, 0.1) is 20.8 Å². The predicted octanol–water partition coefficient (Wildman–Crippen LogP) is 4.55. The Kier molecular flexibility index (Phi) is 4.28. The first kappa shape index (κ1) is 17.5. The van der Waals surface area contributed by atoms with Gasteiger partial charge in [0, 0.05) is 6.20 Å². The lowest BCUT2D eigenvalue weighted by Crippen LogP contribution is -2.15. The molecule has 1 aromatic carbocycles. The van der Waals surface area contributed by atoms with E-state index in [1.54, 1.807) is 13.8 Å². The SMILES string of the molecule is Cc1cc(C)c(S(=O)(=O)n2cc(Cl)c3c(Cl)nc(Cl)nc32)c(C)c1. The average molecular weight is 405 g/mol. The molecular weight excluding hydrogens is 393 g/mol. The summed E-state index contributed by atoms with van der Waals surface area (Å²) in [5.74, 6) is 0. The number of hydrogen-bond acceptors (Lipinski definition) is 4. The van der Waals surface area contributed by atoms with Crippen molar-refractivity contribution in [2.45, 2.75) is 25.7 Å². The lowest BCUT2D eigenvalue weighted by molar-refractivity contribution is 0.587. The monoisotopic (exact) mass is 403 g/mol. The summed E-state index contributed by atoms with van der Waals surface area (Å²) in [6, 6.07) is 3.62. The van der Waals surface area contributed by atoms with Gasteiger partial charge < -0.3 is 0 Å². The highest BCUT2D eigenvalue weighted by molar-refractivity contribution is 7.90. The van der Waals surface area contributed by atoms with Gasteiger partial charge in [-0.2, -0.15) is 4.98 Å². The maximum Gasteiger partial charge on any atom is 0.269 e. The van der Waals surface area contributed by atoms with Crippen molar-refractivity contribution in [3.8, 4) is 0 Å². The van der Waals surface area contributed by atoms with Crippen molar-refractivity contribution < 1.29 is 8.42 Å². The molecule has 0 fully saturated rings. The molecule has 24 heavy (non-hydrogen) atoms. The Hall–Kier alpha value is -1.34. The quantitative estimate of drug-likeness (QED) is 0.464. The van der Waals surface area contributed by atoms with Crippen LogP contribution >= 0.6 is 34.8 Å². The smallest absolute Gasteiger partial charge is 0.222 e. The number of aromatic nitrogens is 3. The molecule has 0 unspecified atom stereocenters. The normalized spacial score (nSPS) is 12.1. The largest absolute Gasteiger partial charge is 0.269 e. The van der Waals surface area contributed by atoms with Gasteiger partial charge in [-0.3, -0.25) is 0 Å². The minimum absolute atomic E-state index is 0.00120. The van der Waals surface area contributed by atoms with Crippen LogP contribution in [0.3, 0.4) is 0 Å². The summed E-state index contributed by atoms with van der Waals surface area (Å²) < 4.78 is 27.4. The molecule has 0 spiro atoms. The van der Waals surface area contributed by atoms with Crippen LogP contribution in [0.2, 0.25) is 15.5 Å². The van der Waals surface area contributed by atoms with Crippen LogP contribution in [0.4, 0.5) is 0 Å². The molecule has 2 heterocycles. The van der Waals surface area contributed by atoms with Gasteiger partial charge in [0.15, 0.2) is 5.65 Å². The molecule has 3 rings (SSSR count). The topological polar surface area (TPSA) is 64.8 Å². The Morgan fingerprint density at radius 3 is 2.17 bits per heavy atom. The van der Waals surface area contributed by atoms with E-state index in [1.807, 2.05) is 19.1 Å². The Morgan fingerprint density at radius 1 is 1.00 bits per heavy atom. The first-order chi connectivity index (χ1) is 11.1. The number of aryl methyl sites for hydroxylation is 3. The summed E-state index contributed by atoms with van der Waals surface area (Å²) in [4.78, 5) is 8.00. The van der Waals surface area contributed by atoms with E-state index in [0.29, 0.717) is 11.1 Å². The van der Waals surface area contributed by atoms with E-state index in [0.717, 1.165) is 9.54 Å². The molecule has 0 amide bonds. The van der Waals surface area contributed by atoms with Gasteiger partial charge in [0.2, 0.25) is 5.28 Å². The van der Waals surface area contributed by atoms with Crippen LogP contribution in [0.5, 0.6) is 0 Å². The van der Waals surface area contributed by atoms with E-state index in [-0.39, 0.29) is 31.4 Å². The van der Waals surface area contributed by atoms with Crippen LogP contribution in [-0.4, -0.2) is 22.4 Å². The van der Waals surface area contributed by atoms with E-state index in [1.165, 1.54) is 6.20 Å². The van der Waals surface area contributed by atoms with Gasteiger partial charge in [0.05, 0.1) is 15.3 Å². The Bertz CT molecular complexity index is 1070. The molecule has 0 radical (unpaired) electrons. The molecular formula is C15H12Cl3N3O2S. The Labute approximate surface area is 154 Å². The van der Waals surface area contributed by atoms with Crippen molar-refractivity contribution in [1.82, 2.24) is 13.9 Å². The zero-order valence-corrected chi connectivity index (χ0v) is 16.0. The maximum atomic E-state index is 13.2. The molecule has 0 atom stereocenters. The molecule has 5 nitrogen and oxygen atoms in total. The third-order valence-corrected chi connectivity index (χ3v) is 6.30. The van der Waals surface area contributed by atoms with Gasteiger partial charge in [-0.15, -0.1) is 0 Å². The second kappa shape index (κ2) is 5.88. The minimum Gasteiger partial charge on any atom is -0.222 e. The Balaban J connectivity index is 2.40. The van der Waals surface area contributed by atoms with E-state index < -0.39 is 10.0 Å². The summed E-state index contributed by atoms with van der Waals surface area (Å²) in [6.45, 7) is 5.40. The fourth-order valence-corrected chi connectivity index (χ4v) is 5.43. The van der Waals surface area contributed by atoms with Crippen molar-refractivity contribution in [2.75, 3.05) is 0 Å². The van der Waals surface area contributed by atoms with E-state index in [4.69, 9.17) is 34.8 Å². The van der Waals surface area contributed by atoms with Crippen molar-refractivity contribution in [3.63, 3.8) is 0 Å². The predicted molar refractivity (Wildman–Crippen MR) is 95.8 cm³/mol. The zero-order chi connectivity index (χ0) is 17.8. The molecule has 126 valence electrons. The summed E-state index contributed by atoms with van der Waals surface area (Å²) >= 11 is 18.0. The fourth-order valence-electron chi connectivity index (χ4n) is 2.85. The van der Waals surface area contributed by atoms with E-state index >= 15 is 0 Å². The third kappa shape index (κ3) is 2.67. The number of halogens is 3. The molecule has 0 bridgehead atoms. The fraction of sp³-hybridized carbons (Fsp3) is 0.200. The molecule has 0 aliphatic heterocycles. The highest BCUT2D eigenvalue weighted by atomic mass is 35.5. The lowest BCUT2D eigenvalue weighted by atomic mass is 10.1. The molecule has 0 aliphatic carbocycles. The summed E-state index contributed by atoms with van der Waals surface area (Å²) in [5.41, 5.74) is 2.30. The van der Waals surface area contributed by atoms with Gasteiger partial charge in [0.25, 0.3) is 10.0 Å². The number of rotatable bonds is 2. The van der Waals surface area contributed by atoms with Crippen molar-refractivity contribution in [2.24, 2.45) is 0 Å². The van der Waals surface area contributed by atoms with E-state index in [9.17, 15) is 8.42 Å². The van der Waals surface area contributed by atoms with Gasteiger partial charge in [-0.25, -0.2) is 17.4 Å². The van der Waals surface area contributed by atoms with E-state index in [2.05, 4.69) is 9.97 Å². The van der Waals surface area contributed by atoms with Crippen LogP contribution < -0.4 is 0 Å². The highest BCUT2D eigenvalue weighted by Gasteiger charge is 2.27. The molecule has 0 saturated heterocycles. The van der Waals surface area contributed by atoms with Gasteiger partial charge in [-0.05, 0) is 43.5 Å². The van der Waals surface area contributed by atoms with Crippen molar-refractivity contribution in [1.29, 1.82) is 0 Å². The van der Waals surface area contributed by atoms with Crippen LogP contribution in [0.15, 0.2) is 23.2 Å². The van der Waals surface area contributed by atoms with Crippen LogP contribution in [0.1, 0.15) is 16.7 Å². The lowest BCUT2D eigenvalue weighted by Gasteiger charge is -2.13. The van der Waals surface area contributed by atoms with Crippen LogP contribution in [-0.2, 0) is 10.0 Å². The Morgan fingerprint density at radius 2 is 1.58 bits per heavy atom. The summed E-state index contributed by atoms with van der Waals surface area (Å²) in [5, 5.41) is 0.226. The summed E-state index contributed by atoms with van der Waals surface area (Å²) in [6.07, 6.45) is 1.26. The number of benzene rings is 1. The van der Waals surface area contributed by atoms with Crippen LogP contribution in [0.25, 0.3) is 11.0 Å². The average Bonchev–Trinajstić information content (AvgIpc) is 2.74. The molecule has 2 aromatic heterocycles. The van der Waals surface area contributed by atoms with Gasteiger partial charge >= 0.3 is 0 Å². The molecule has 9 heteroatoms. The molecule has 0 saturated carbocycles. The number of fused-ring (bicyclic) bond motifs is 1. The molecule has 0 N–H and O–H groups in total. The standard InChI is InChI=1S/C15H12Cl3N3O2S/c1-7-4-8(2)12(9(3)5-7)24(22,23)21-6-10(16)11-13(17)19-15(18)20-14(11)21/h4-6H,1-3H3. The first-order valence-electron chi connectivity index (χ1n) is 6.86. The van der Waals surface area contributed by atoms with Crippen molar-refractivity contribution in [3.05, 3.63) is 50.5 Å². The molecule has 0 aliphatic rings.